The molecule has 0 fully saturated rings. The van der Waals surface area contributed by atoms with Gasteiger partial charge in [-0.15, -0.1) is 11.3 Å². The Morgan fingerprint density at radius 1 is 1.27 bits per heavy atom. The van der Waals surface area contributed by atoms with Crippen molar-refractivity contribution in [1.29, 1.82) is 0 Å². The molecule has 2 aromatic heterocycles. The molecule has 0 bridgehead atoms. The molecule has 1 aromatic carbocycles. The van der Waals surface area contributed by atoms with Crippen LogP contribution in [-0.4, -0.2) is 37.1 Å². The zero-order chi connectivity index (χ0) is 24.7. The fraction of sp³-hybridized carbons (Fsp3) is 0.400. The summed E-state index contributed by atoms with van der Waals surface area (Å²) in [5.74, 6) is -0.658. The van der Waals surface area contributed by atoms with E-state index in [2.05, 4.69) is 15.8 Å². The minimum Gasteiger partial charge on any atom is -0.504 e. The van der Waals surface area contributed by atoms with Crippen LogP contribution in [0.15, 0.2) is 33.8 Å². The second-order valence-corrected chi connectivity index (χ2v) is 12.5. The predicted molar refractivity (Wildman–Crippen MR) is 128 cm³/mol. The lowest BCUT2D eigenvalue weighted by Crippen LogP contribution is -2.33. The third-order valence-electron chi connectivity index (χ3n) is 4.88. The van der Waals surface area contributed by atoms with Crippen molar-refractivity contribution in [1.82, 2.24) is 9.46 Å². The highest BCUT2D eigenvalue weighted by molar-refractivity contribution is 7.89. The number of sulfonamides is 1. The van der Waals surface area contributed by atoms with Crippen molar-refractivity contribution in [3.05, 3.63) is 44.2 Å². The summed E-state index contributed by atoms with van der Waals surface area (Å²) in [6.45, 7) is 8.08. The Morgan fingerprint density at radius 3 is 2.48 bits per heavy atom. The molecule has 0 spiro atoms. The molecule has 180 valence electrons. The summed E-state index contributed by atoms with van der Waals surface area (Å²) in [7, 11) is -1.40. The van der Waals surface area contributed by atoms with Crippen molar-refractivity contribution in [2.24, 2.45) is 5.41 Å². The van der Waals surface area contributed by atoms with E-state index >= 15 is 0 Å². The number of halogens is 1. The molecule has 3 aromatic rings. The Morgan fingerprint density at radius 2 is 1.94 bits per heavy atom. The maximum absolute atomic E-state index is 12.6. The Hall–Kier alpha value is -2.54. The number of anilines is 3. The molecule has 0 saturated carbocycles. The van der Waals surface area contributed by atoms with Gasteiger partial charge in [-0.1, -0.05) is 37.3 Å². The first-order valence-electron chi connectivity index (χ1n) is 9.87. The zero-order valence-electron chi connectivity index (χ0n) is 19.0. The molecule has 0 aliphatic rings. The number of hydrogen-bond acceptors (Lipinski definition) is 9. The van der Waals surface area contributed by atoms with Gasteiger partial charge in [0.15, 0.2) is 5.75 Å². The molecule has 2 heterocycles. The van der Waals surface area contributed by atoms with E-state index in [4.69, 9.17) is 16.2 Å². The summed E-state index contributed by atoms with van der Waals surface area (Å²) in [5, 5.41) is 32.6. The molecular weight excluding hydrogens is 490 g/mol. The molecule has 1 atom stereocenters. The summed E-state index contributed by atoms with van der Waals surface area (Å²) >= 11 is 7.66. The van der Waals surface area contributed by atoms with Gasteiger partial charge in [0.25, 0.3) is 0 Å². The van der Waals surface area contributed by atoms with Crippen LogP contribution in [0.3, 0.4) is 0 Å². The van der Waals surface area contributed by atoms with Crippen molar-refractivity contribution in [3.63, 3.8) is 0 Å². The Labute approximate surface area is 201 Å². The van der Waals surface area contributed by atoms with Gasteiger partial charge in [0.2, 0.25) is 10.0 Å². The minimum absolute atomic E-state index is 0.0175. The lowest BCUT2D eigenvalue weighted by atomic mass is 9.86. The number of aromatic hydroxyl groups is 1. The van der Waals surface area contributed by atoms with Gasteiger partial charge in [-0.2, -0.15) is 0 Å². The Kier molecular flexibility index (Phi) is 6.85. The second kappa shape index (κ2) is 9.01. The summed E-state index contributed by atoms with van der Waals surface area (Å²) < 4.78 is 30.9. The lowest BCUT2D eigenvalue weighted by Gasteiger charge is -2.28. The third kappa shape index (κ3) is 5.03. The number of rotatable bonds is 7. The lowest BCUT2D eigenvalue weighted by molar-refractivity contribution is -0.791. The number of hydrogen-bond donors (Lipinski definition) is 3. The van der Waals surface area contributed by atoms with E-state index in [0.717, 1.165) is 14.1 Å². The maximum Gasteiger partial charge on any atom is 0.320 e. The first kappa shape index (κ1) is 25.1. The topological polar surface area (TPSA) is 135 Å². The van der Waals surface area contributed by atoms with E-state index in [0.29, 0.717) is 0 Å². The van der Waals surface area contributed by atoms with E-state index in [1.54, 1.807) is 11.3 Å². The van der Waals surface area contributed by atoms with Crippen molar-refractivity contribution in [3.8, 4) is 5.75 Å². The van der Waals surface area contributed by atoms with Crippen LogP contribution >= 0.6 is 22.9 Å². The molecule has 13 heteroatoms. The van der Waals surface area contributed by atoms with Crippen LogP contribution < -0.4 is 15.5 Å². The maximum atomic E-state index is 12.6. The van der Waals surface area contributed by atoms with Gasteiger partial charge in [-0.05, 0) is 36.3 Å². The van der Waals surface area contributed by atoms with Crippen LogP contribution in [0.25, 0.3) is 0 Å². The highest BCUT2D eigenvalue weighted by atomic mass is 35.5. The van der Waals surface area contributed by atoms with E-state index in [1.807, 2.05) is 39.8 Å². The van der Waals surface area contributed by atoms with Crippen LogP contribution in [-0.2, 0) is 10.0 Å². The Bertz CT molecular complexity index is 1260. The van der Waals surface area contributed by atoms with Gasteiger partial charge in [-0.25, -0.2) is 12.7 Å². The van der Waals surface area contributed by atoms with Gasteiger partial charge in [0.05, 0.1) is 10.7 Å². The van der Waals surface area contributed by atoms with Gasteiger partial charge < -0.3 is 20.3 Å². The van der Waals surface area contributed by atoms with Crippen molar-refractivity contribution < 1.29 is 23.1 Å². The third-order valence-corrected chi connectivity index (χ3v) is 8.26. The molecule has 3 N–H and O–H groups in total. The molecule has 0 unspecified atom stereocenters. The molecule has 0 saturated heterocycles. The summed E-state index contributed by atoms with van der Waals surface area (Å²) in [6, 6.07) is 6.42. The van der Waals surface area contributed by atoms with Gasteiger partial charge >= 0.3 is 11.6 Å². The van der Waals surface area contributed by atoms with E-state index < -0.39 is 20.7 Å². The molecule has 0 amide bonds. The standard InChI is InChI=1S/C20H26ClN5O5S2/c1-11-7-10-14(32-11)17(20(2,3)4)23-19-18(24-31-26(19)28)22-13-9-8-12(21)16(15(13)27)33(29,30)25(5)6/h7-10,17,23,27H,1-6H3,(H,22,24)/t17-/m0/s1. The van der Waals surface area contributed by atoms with Crippen LogP contribution in [0, 0.1) is 17.5 Å². The second-order valence-electron chi connectivity index (χ2n) is 8.70. The number of nitrogens with zero attached hydrogens (tertiary/aromatic N) is 3. The largest absolute Gasteiger partial charge is 0.504 e. The van der Waals surface area contributed by atoms with Gasteiger partial charge in [0, 0.05) is 29.3 Å². The summed E-state index contributed by atoms with van der Waals surface area (Å²) in [6.07, 6.45) is 0. The predicted octanol–water partition coefficient (Wildman–Crippen LogP) is 4.23. The van der Waals surface area contributed by atoms with Gasteiger partial charge in [-0.3, -0.25) is 5.32 Å². The molecular formula is C20H26ClN5O5S2. The van der Waals surface area contributed by atoms with Gasteiger partial charge in [0.1, 0.15) is 10.9 Å². The molecule has 0 radical (unpaired) electrons. The smallest absolute Gasteiger partial charge is 0.320 e. The molecule has 33 heavy (non-hydrogen) atoms. The SMILES string of the molecule is Cc1ccc([C@H](Nc2c(Nc3ccc(Cl)c(S(=O)(=O)N(C)C)c3O)no[n+]2[O-])C(C)(C)C)s1. The molecule has 3 rings (SSSR count). The normalized spacial score (nSPS) is 13.3. The van der Waals surface area contributed by atoms with E-state index in [9.17, 15) is 18.7 Å². The van der Waals surface area contributed by atoms with Crippen LogP contribution in [0.2, 0.25) is 5.02 Å². The minimum atomic E-state index is -4.04. The average molecular weight is 516 g/mol. The summed E-state index contributed by atoms with van der Waals surface area (Å²) in [5.41, 5.74) is -0.301. The number of thiophene rings is 1. The van der Waals surface area contributed by atoms with Crippen LogP contribution in [0.5, 0.6) is 5.75 Å². The number of aryl methyl sites for hydroxylation is 1. The molecule has 10 nitrogen and oxygen atoms in total. The highest BCUT2D eigenvalue weighted by Gasteiger charge is 2.34. The average Bonchev–Trinajstić information content (AvgIpc) is 3.26. The highest BCUT2D eigenvalue weighted by Crippen LogP contribution is 2.42. The Balaban J connectivity index is 2.02. The first-order valence-corrected chi connectivity index (χ1v) is 12.5. The van der Waals surface area contributed by atoms with E-state index in [-0.39, 0.29) is 38.7 Å². The first-order chi connectivity index (χ1) is 15.2. The van der Waals surface area contributed by atoms with Crippen molar-refractivity contribution >= 4 is 50.3 Å². The van der Waals surface area contributed by atoms with Crippen molar-refractivity contribution in [2.75, 3.05) is 24.7 Å². The number of aromatic nitrogens is 2. The molecule has 0 aliphatic heterocycles. The fourth-order valence-corrected chi connectivity index (χ4v) is 5.77. The fourth-order valence-electron chi connectivity index (χ4n) is 3.11. The monoisotopic (exact) mass is 515 g/mol. The van der Waals surface area contributed by atoms with Crippen LogP contribution in [0.4, 0.5) is 17.3 Å². The quantitative estimate of drug-likeness (QED) is 0.314. The number of phenols is 1. The molecule has 0 aliphatic carbocycles. The zero-order valence-corrected chi connectivity index (χ0v) is 21.4. The van der Waals surface area contributed by atoms with Crippen molar-refractivity contribution in [2.45, 2.75) is 38.6 Å². The van der Waals surface area contributed by atoms with E-state index in [1.165, 1.54) is 26.2 Å². The number of nitrogens with one attached hydrogen (secondary N) is 2. The van der Waals surface area contributed by atoms with Crippen LogP contribution in [0.1, 0.15) is 36.6 Å². The number of phenolic OH excluding ortho intramolecular Hbond substituents is 1. The summed E-state index contributed by atoms with van der Waals surface area (Å²) in [4.78, 5) is 1.89. The number of benzene rings is 1.